The number of piperidine rings is 1. The van der Waals surface area contributed by atoms with E-state index in [1.807, 2.05) is 0 Å². The summed E-state index contributed by atoms with van der Waals surface area (Å²) in [6.07, 6.45) is 5.31. The maximum Gasteiger partial charge on any atom is 0.310 e. The van der Waals surface area contributed by atoms with Gasteiger partial charge in [-0.2, -0.15) is 0 Å². The van der Waals surface area contributed by atoms with Crippen LogP contribution in [0.15, 0.2) is 12.4 Å². The summed E-state index contributed by atoms with van der Waals surface area (Å²) in [6, 6.07) is 0. The van der Waals surface area contributed by atoms with Crippen LogP contribution in [0.5, 0.6) is 0 Å². The van der Waals surface area contributed by atoms with Crippen LogP contribution >= 0.6 is 0 Å². The molecule has 104 valence electrons. The first-order valence-corrected chi connectivity index (χ1v) is 6.40. The minimum Gasteiger partial charge on any atom is -0.469 e. The number of hydrogen-bond donors (Lipinski definition) is 0. The second-order valence-corrected chi connectivity index (χ2v) is 4.62. The number of likely N-dealkylation sites (tertiary alicyclic amines) is 1. The average Bonchev–Trinajstić information content (AvgIpc) is 2.97. The predicted molar refractivity (Wildman–Crippen MR) is 66.0 cm³/mol. The van der Waals surface area contributed by atoms with Crippen molar-refractivity contribution in [3.05, 3.63) is 12.4 Å². The Morgan fingerprint density at radius 2 is 2.32 bits per heavy atom. The quantitative estimate of drug-likeness (QED) is 0.721. The van der Waals surface area contributed by atoms with Gasteiger partial charge in [-0.15, -0.1) is 5.10 Å². The van der Waals surface area contributed by atoms with Crippen LogP contribution in [0.4, 0.5) is 0 Å². The van der Waals surface area contributed by atoms with Crippen molar-refractivity contribution in [1.29, 1.82) is 0 Å². The maximum absolute atomic E-state index is 12.1. The number of amides is 1. The Bertz CT molecular complexity index is 432. The van der Waals surface area contributed by atoms with E-state index in [2.05, 4.69) is 10.3 Å². The van der Waals surface area contributed by atoms with Crippen LogP contribution in [0.2, 0.25) is 0 Å². The molecule has 7 heteroatoms. The highest BCUT2D eigenvalue weighted by molar-refractivity contribution is 5.78. The van der Waals surface area contributed by atoms with E-state index in [-0.39, 0.29) is 17.8 Å². The van der Waals surface area contributed by atoms with Gasteiger partial charge < -0.3 is 9.64 Å². The molecule has 1 aliphatic heterocycles. The average molecular weight is 266 g/mol. The van der Waals surface area contributed by atoms with Gasteiger partial charge in [-0.25, -0.2) is 0 Å². The molecule has 1 fully saturated rings. The molecule has 0 aromatic carbocycles. The second-order valence-electron chi connectivity index (χ2n) is 4.62. The number of carbonyl (C=O) groups excluding carboxylic acids is 2. The lowest BCUT2D eigenvalue weighted by atomic mass is 9.98. The Hall–Kier alpha value is -1.92. The number of esters is 1. The smallest absolute Gasteiger partial charge is 0.310 e. The van der Waals surface area contributed by atoms with Crippen molar-refractivity contribution in [3.63, 3.8) is 0 Å². The SMILES string of the molecule is COC(=O)[C@H]1CCCN(C(=O)CCn2ccnn2)C1. The van der Waals surface area contributed by atoms with Gasteiger partial charge in [-0.3, -0.25) is 14.3 Å². The molecule has 7 nitrogen and oxygen atoms in total. The fraction of sp³-hybridized carbons (Fsp3) is 0.667. The van der Waals surface area contributed by atoms with E-state index >= 15 is 0 Å². The molecule has 0 radical (unpaired) electrons. The number of aryl methyl sites for hydroxylation is 1. The Morgan fingerprint density at radius 3 is 3.00 bits per heavy atom. The van der Waals surface area contributed by atoms with Gasteiger partial charge in [0.05, 0.1) is 25.8 Å². The van der Waals surface area contributed by atoms with Gasteiger partial charge in [0, 0.05) is 25.7 Å². The van der Waals surface area contributed by atoms with Crippen LogP contribution < -0.4 is 0 Å². The summed E-state index contributed by atoms with van der Waals surface area (Å²) in [5.74, 6) is -0.369. The number of ether oxygens (including phenoxy) is 1. The lowest BCUT2D eigenvalue weighted by molar-refractivity contribution is -0.149. The summed E-state index contributed by atoms with van der Waals surface area (Å²) in [6.45, 7) is 1.69. The Morgan fingerprint density at radius 1 is 1.47 bits per heavy atom. The van der Waals surface area contributed by atoms with Crippen molar-refractivity contribution in [2.24, 2.45) is 5.92 Å². The van der Waals surface area contributed by atoms with Gasteiger partial charge in [0.15, 0.2) is 0 Å². The Kier molecular flexibility index (Phi) is 4.48. The van der Waals surface area contributed by atoms with Crippen LogP contribution in [0.3, 0.4) is 0 Å². The van der Waals surface area contributed by atoms with Crippen molar-refractivity contribution in [2.75, 3.05) is 20.2 Å². The Labute approximate surface area is 111 Å². The maximum atomic E-state index is 12.1. The molecular formula is C12H18N4O3. The van der Waals surface area contributed by atoms with Crippen molar-refractivity contribution >= 4 is 11.9 Å². The summed E-state index contributed by atoms with van der Waals surface area (Å²) >= 11 is 0. The molecule has 19 heavy (non-hydrogen) atoms. The predicted octanol–water partition coefficient (Wildman–Crippen LogP) is 0.0798. The number of carbonyl (C=O) groups is 2. The highest BCUT2D eigenvalue weighted by atomic mass is 16.5. The molecule has 1 aliphatic rings. The zero-order valence-electron chi connectivity index (χ0n) is 11.0. The first-order valence-electron chi connectivity index (χ1n) is 6.40. The van der Waals surface area contributed by atoms with Gasteiger partial charge in [0.1, 0.15) is 0 Å². The van der Waals surface area contributed by atoms with Gasteiger partial charge >= 0.3 is 5.97 Å². The van der Waals surface area contributed by atoms with Crippen LogP contribution in [0, 0.1) is 5.92 Å². The first-order chi connectivity index (χ1) is 9.20. The topological polar surface area (TPSA) is 77.3 Å². The molecule has 2 heterocycles. The van der Waals surface area contributed by atoms with Crippen LogP contribution in [0.25, 0.3) is 0 Å². The van der Waals surface area contributed by atoms with Gasteiger partial charge in [0.2, 0.25) is 5.91 Å². The molecule has 1 amide bonds. The fourth-order valence-electron chi connectivity index (χ4n) is 2.28. The third-order valence-corrected chi connectivity index (χ3v) is 3.34. The molecule has 0 unspecified atom stereocenters. The minimum absolute atomic E-state index is 0.0455. The summed E-state index contributed by atoms with van der Waals surface area (Å²) in [4.78, 5) is 25.3. The lowest BCUT2D eigenvalue weighted by Crippen LogP contribution is -2.42. The molecule has 0 bridgehead atoms. The molecule has 1 aromatic heterocycles. The summed E-state index contributed by atoms with van der Waals surface area (Å²) in [5.41, 5.74) is 0. The summed E-state index contributed by atoms with van der Waals surface area (Å²) in [7, 11) is 1.38. The third-order valence-electron chi connectivity index (χ3n) is 3.34. The zero-order valence-corrected chi connectivity index (χ0v) is 11.0. The van der Waals surface area contributed by atoms with E-state index in [1.54, 1.807) is 22.0 Å². The van der Waals surface area contributed by atoms with Crippen LogP contribution in [-0.2, 0) is 20.9 Å². The minimum atomic E-state index is -0.228. The monoisotopic (exact) mass is 266 g/mol. The molecule has 0 saturated carbocycles. The number of hydrogen-bond acceptors (Lipinski definition) is 5. The molecule has 1 atom stereocenters. The van der Waals surface area contributed by atoms with Crippen molar-refractivity contribution in [1.82, 2.24) is 19.9 Å². The zero-order chi connectivity index (χ0) is 13.7. The van der Waals surface area contributed by atoms with E-state index in [9.17, 15) is 9.59 Å². The highest BCUT2D eigenvalue weighted by Gasteiger charge is 2.28. The van der Waals surface area contributed by atoms with Crippen LogP contribution in [-0.4, -0.2) is 52.0 Å². The number of methoxy groups -OCH3 is 1. The lowest BCUT2D eigenvalue weighted by Gasteiger charge is -2.31. The van der Waals surface area contributed by atoms with E-state index in [4.69, 9.17) is 4.74 Å². The van der Waals surface area contributed by atoms with Crippen molar-refractivity contribution in [2.45, 2.75) is 25.8 Å². The molecular weight excluding hydrogens is 248 g/mol. The number of nitrogens with zero attached hydrogens (tertiary/aromatic N) is 4. The first kappa shape index (κ1) is 13.5. The van der Waals surface area contributed by atoms with Crippen molar-refractivity contribution in [3.8, 4) is 0 Å². The normalized spacial score (nSPS) is 19.2. The van der Waals surface area contributed by atoms with Gasteiger partial charge in [0.25, 0.3) is 0 Å². The Balaban J connectivity index is 1.83. The number of aromatic nitrogens is 3. The summed E-state index contributed by atoms with van der Waals surface area (Å²) in [5, 5.41) is 7.50. The second kappa shape index (κ2) is 6.31. The number of rotatable bonds is 4. The van der Waals surface area contributed by atoms with E-state index in [0.29, 0.717) is 26.1 Å². The van der Waals surface area contributed by atoms with E-state index < -0.39 is 0 Å². The van der Waals surface area contributed by atoms with E-state index in [0.717, 1.165) is 12.8 Å². The van der Waals surface area contributed by atoms with Crippen LogP contribution in [0.1, 0.15) is 19.3 Å². The third kappa shape index (κ3) is 3.52. The van der Waals surface area contributed by atoms with Gasteiger partial charge in [-0.05, 0) is 12.8 Å². The molecule has 0 N–H and O–H groups in total. The van der Waals surface area contributed by atoms with E-state index in [1.165, 1.54) is 7.11 Å². The van der Waals surface area contributed by atoms with Crippen molar-refractivity contribution < 1.29 is 14.3 Å². The molecule has 0 spiro atoms. The molecule has 2 rings (SSSR count). The highest BCUT2D eigenvalue weighted by Crippen LogP contribution is 2.18. The fourth-order valence-corrected chi connectivity index (χ4v) is 2.28. The standard InChI is InChI=1S/C12H18N4O3/c1-19-12(18)10-3-2-6-15(9-10)11(17)4-7-16-8-5-13-14-16/h5,8,10H,2-4,6-7,9H2,1H3/t10-/m0/s1. The van der Waals surface area contributed by atoms with Gasteiger partial charge in [-0.1, -0.05) is 5.21 Å². The molecule has 0 aliphatic carbocycles. The summed E-state index contributed by atoms with van der Waals surface area (Å²) < 4.78 is 6.36. The molecule has 1 saturated heterocycles. The molecule has 1 aromatic rings. The largest absolute Gasteiger partial charge is 0.469 e.